The van der Waals surface area contributed by atoms with Gasteiger partial charge in [-0.05, 0) is 49.4 Å². The van der Waals surface area contributed by atoms with Crippen LogP contribution in [0.5, 0.6) is 0 Å². The molecular weight excluding hydrogens is 357 g/mol. The van der Waals surface area contributed by atoms with Crippen LogP contribution in [0.3, 0.4) is 0 Å². The van der Waals surface area contributed by atoms with Crippen molar-refractivity contribution in [1.82, 2.24) is 4.98 Å². The van der Waals surface area contributed by atoms with Crippen molar-refractivity contribution in [2.45, 2.75) is 6.92 Å². The average Bonchev–Trinajstić information content (AvgIpc) is 2.60. The first-order valence-corrected chi connectivity index (χ1v) is 8.33. The number of amides is 1. The predicted octanol–water partition coefficient (Wildman–Crippen LogP) is 5.69. The molecule has 0 bridgehead atoms. The van der Waals surface area contributed by atoms with Crippen LogP contribution < -0.4 is 10.6 Å². The van der Waals surface area contributed by atoms with Crippen molar-refractivity contribution < 1.29 is 4.79 Å². The van der Waals surface area contributed by atoms with Crippen molar-refractivity contribution in [3.05, 3.63) is 82.0 Å². The molecule has 0 aliphatic rings. The molecule has 0 saturated heterocycles. The molecule has 0 unspecified atom stereocenters. The van der Waals surface area contributed by atoms with Crippen LogP contribution in [0.15, 0.2) is 60.8 Å². The molecule has 6 heteroatoms. The number of anilines is 3. The van der Waals surface area contributed by atoms with E-state index in [1.807, 2.05) is 31.2 Å². The Labute approximate surface area is 155 Å². The maximum atomic E-state index is 12.6. The number of hydrogen-bond donors (Lipinski definition) is 2. The van der Waals surface area contributed by atoms with Crippen LogP contribution in [-0.2, 0) is 0 Å². The number of rotatable bonds is 4. The maximum Gasteiger partial charge on any atom is 0.259 e. The third-order valence-electron chi connectivity index (χ3n) is 3.54. The maximum absolute atomic E-state index is 12.6. The van der Waals surface area contributed by atoms with Gasteiger partial charge in [-0.1, -0.05) is 40.9 Å². The highest BCUT2D eigenvalue weighted by molar-refractivity contribution is 6.42. The number of carbonyl (C=O) groups is 1. The fourth-order valence-corrected chi connectivity index (χ4v) is 2.53. The van der Waals surface area contributed by atoms with E-state index in [0.29, 0.717) is 27.1 Å². The van der Waals surface area contributed by atoms with E-state index in [0.717, 1.165) is 11.3 Å². The molecule has 0 radical (unpaired) electrons. The van der Waals surface area contributed by atoms with Crippen LogP contribution in [0.4, 0.5) is 17.2 Å². The van der Waals surface area contributed by atoms with Gasteiger partial charge >= 0.3 is 0 Å². The van der Waals surface area contributed by atoms with Gasteiger partial charge in [0.1, 0.15) is 5.82 Å². The second-order valence-corrected chi connectivity index (χ2v) is 6.29. The summed E-state index contributed by atoms with van der Waals surface area (Å²) in [6, 6.07) is 16.2. The van der Waals surface area contributed by atoms with Gasteiger partial charge in [0.15, 0.2) is 0 Å². The SMILES string of the molecule is Cc1ccc(Nc2ncccc2C(=O)Nc2ccc(Cl)c(Cl)c2)cc1. The lowest BCUT2D eigenvalue weighted by Gasteiger charge is -2.12. The summed E-state index contributed by atoms with van der Waals surface area (Å²) in [7, 11) is 0. The Morgan fingerprint density at radius 3 is 2.40 bits per heavy atom. The summed E-state index contributed by atoms with van der Waals surface area (Å²) in [4.78, 5) is 16.9. The number of carbonyl (C=O) groups excluding carboxylic acids is 1. The number of aromatic nitrogens is 1. The van der Waals surface area contributed by atoms with E-state index >= 15 is 0 Å². The summed E-state index contributed by atoms with van der Waals surface area (Å²) in [5.41, 5.74) is 3.00. The van der Waals surface area contributed by atoms with Gasteiger partial charge < -0.3 is 10.6 Å². The van der Waals surface area contributed by atoms with Crippen molar-refractivity contribution in [3.8, 4) is 0 Å². The smallest absolute Gasteiger partial charge is 0.259 e. The number of nitrogens with one attached hydrogen (secondary N) is 2. The van der Waals surface area contributed by atoms with Crippen LogP contribution in [0, 0.1) is 6.92 Å². The summed E-state index contributed by atoms with van der Waals surface area (Å²) >= 11 is 11.9. The predicted molar refractivity (Wildman–Crippen MR) is 103 cm³/mol. The van der Waals surface area contributed by atoms with Gasteiger partial charge in [-0.25, -0.2) is 4.98 Å². The third kappa shape index (κ3) is 4.29. The van der Waals surface area contributed by atoms with Crippen LogP contribution in [0.25, 0.3) is 0 Å². The summed E-state index contributed by atoms with van der Waals surface area (Å²) in [6.07, 6.45) is 1.63. The van der Waals surface area contributed by atoms with Gasteiger partial charge in [0.2, 0.25) is 0 Å². The zero-order valence-corrected chi connectivity index (χ0v) is 14.9. The van der Waals surface area contributed by atoms with Gasteiger partial charge in [-0.15, -0.1) is 0 Å². The van der Waals surface area contributed by atoms with E-state index in [2.05, 4.69) is 15.6 Å². The molecule has 0 saturated carbocycles. The van der Waals surface area contributed by atoms with E-state index in [9.17, 15) is 4.79 Å². The minimum Gasteiger partial charge on any atom is -0.340 e. The van der Waals surface area contributed by atoms with E-state index in [1.54, 1.807) is 36.5 Å². The Kier molecular flexibility index (Phi) is 5.22. The third-order valence-corrected chi connectivity index (χ3v) is 4.28. The molecule has 2 aromatic carbocycles. The first-order chi connectivity index (χ1) is 12.0. The molecule has 2 N–H and O–H groups in total. The monoisotopic (exact) mass is 371 g/mol. The molecule has 126 valence electrons. The van der Waals surface area contributed by atoms with Crippen molar-refractivity contribution in [3.63, 3.8) is 0 Å². The van der Waals surface area contributed by atoms with Gasteiger partial charge in [-0.2, -0.15) is 0 Å². The van der Waals surface area contributed by atoms with Crippen molar-refractivity contribution in [2.75, 3.05) is 10.6 Å². The molecule has 3 aromatic rings. The minimum atomic E-state index is -0.291. The molecule has 1 aromatic heterocycles. The van der Waals surface area contributed by atoms with Crippen molar-refractivity contribution >= 4 is 46.3 Å². The van der Waals surface area contributed by atoms with E-state index < -0.39 is 0 Å². The van der Waals surface area contributed by atoms with E-state index in [-0.39, 0.29) is 5.91 Å². The Balaban J connectivity index is 1.82. The summed E-state index contributed by atoms with van der Waals surface area (Å²) in [5, 5.41) is 6.78. The molecule has 0 aliphatic heterocycles. The highest BCUT2D eigenvalue weighted by Crippen LogP contribution is 2.26. The standard InChI is InChI=1S/C19H15Cl2N3O/c1-12-4-6-13(7-5-12)23-18-15(3-2-10-22-18)19(25)24-14-8-9-16(20)17(21)11-14/h2-11H,1H3,(H,22,23)(H,24,25). The summed E-state index contributed by atoms with van der Waals surface area (Å²) < 4.78 is 0. The number of aryl methyl sites for hydroxylation is 1. The zero-order chi connectivity index (χ0) is 17.8. The quantitative estimate of drug-likeness (QED) is 0.618. The molecule has 3 rings (SSSR count). The lowest BCUT2D eigenvalue weighted by molar-refractivity contribution is 0.102. The summed E-state index contributed by atoms with van der Waals surface area (Å²) in [6.45, 7) is 2.01. The van der Waals surface area contributed by atoms with Crippen LogP contribution in [0.1, 0.15) is 15.9 Å². The Hall–Kier alpha value is -2.56. The molecule has 0 aliphatic carbocycles. The Bertz CT molecular complexity index is 911. The molecule has 25 heavy (non-hydrogen) atoms. The second-order valence-electron chi connectivity index (χ2n) is 5.47. The second kappa shape index (κ2) is 7.55. The molecule has 0 atom stereocenters. The highest BCUT2D eigenvalue weighted by atomic mass is 35.5. The topological polar surface area (TPSA) is 54.0 Å². The molecule has 0 fully saturated rings. The zero-order valence-electron chi connectivity index (χ0n) is 13.4. The summed E-state index contributed by atoms with van der Waals surface area (Å²) in [5.74, 6) is 0.185. The molecule has 1 heterocycles. The number of halogens is 2. The van der Waals surface area contributed by atoms with Gasteiger partial charge in [0, 0.05) is 17.6 Å². The molecule has 1 amide bonds. The normalized spacial score (nSPS) is 10.4. The van der Waals surface area contributed by atoms with Crippen molar-refractivity contribution in [1.29, 1.82) is 0 Å². The van der Waals surface area contributed by atoms with Gasteiger partial charge in [0.05, 0.1) is 15.6 Å². The molecule has 4 nitrogen and oxygen atoms in total. The Morgan fingerprint density at radius 1 is 0.960 bits per heavy atom. The number of benzene rings is 2. The van der Waals surface area contributed by atoms with Crippen LogP contribution in [0.2, 0.25) is 10.0 Å². The van der Waals surface area contributed by atoms with Crippen molar-refractivity contribution in [2.24, 2.45) is 0 Å². The lowest BCUT2D eigenvalue weighted by Crippen LogP contribution is -2.14. The van der Waals surface area contributed by atoms with Gasteiger partial charge in [0.25, 0.3) is 5.91 Å². The first kappa shape index (κ1) is 17.3. The molecule has 0 spiro atoms. The lowest BCUT2D eigenvalue weighted by atomic mass is 10.2. The first-order valence-electron chi connectivity index (χ1n) is 7.58. The van der Waals surface area contributed by atoms with Crippen LogP contribution >= 0.6 is 23.2 Å². The Morgan fingerprint density at radius 2 is 1.68 bits per heavy atom. The fraction of sp³-hybridized carbons (Fsp3) is 0.0526. The fourth-order valence-electron chi connectivity index (χ4n) is 2.23. The minimum absolute atomic E-state index is 0.291. The van der Waals surface area contributed by atoms with Gasteiger partial charge in [-0.3, -0.25) is 4.79 Å². The van der Waals surface area contributed by atoms with E-state index in [1.165, 1.54) is 0 Å². The number of pyridine rings is 1. The largest absolute Gasteiger partial charge is 0.340 e. The highest BCUT2D eigenvalue weighted by Gasteiger charge is 2.13. The average molecular weight is 372 g/mol. The molecular formula is C19H15Cl2N3O. The van der Waals surface area contributed by atoms with E-state index in [4.69, 9.17) is 23.2 Å². The van der Waals surface area contributed by atoms with Crippen LogP contribution in [-0.4, -0.2) is 10.9 Å². The number of nitrogens with zero attached hydrogens (tertiary/aromatic N) is 1. The number of hydrogen-bond acceptors (Lipinski definition) is 3.